The lowest BCUT2D eigenvalue weighted by atomic mass is 10.2. The molecule has 7 nitrogen and oxygen atoms in total. The Balaban J connectivity index is 2.82. The van der Waals surface area contributed by atoms with E-state index >= 15 is 0 Å². The summed E-state index contributed by atoms with van der Waals surface area (Å²) in [5.74, 6) is -1.63. The van der Waals surface area contributed by atoms with Gasteiger partial charge in [-0.05, 0) is 18.2 Å². The highest BCUT2D eigenvalue weighted by molar-refractivity contribution is 5.95. The Kier molecular flexibility index (Phi) is 6.22. The molecule has 0 aliphatic heterocycles. The Morgan fingerprint density at radius 2 is 2.19 bits per heavy atom. The van der Waals surface area contributed by atoms with Crippen LogP contribution in [0, 0.1) is 0 Å². The zero-order valence-electron chi connectivity index (χ0n) is 11.7. The van der Waals surface area contributed by atoms with E-state index in [-0.39, 0.29) is 17.0 Å². The standard InChI is InChI=1S/C14H18N2O5/c1-3-6-16(7-8-21-2)14(20)15-10-4-5-12(17)11(9-10)13(18)19/h3-5,9,17H,1,6-8H2,2H3,(H,15,20)(H,18,19). The van der Waals surface area contributed by atoms with Gasteiger partial charge in [-0.3, -0.25) is 0 Å². The Morgan fingerprint density at radius 3 is 2.76 bits per heavy atom. The second kappa shape index (κ2) is 7.91. The summed E-state index contributed by atoms with van der Waals surface area (Å²) >= 11 is 0. The van der Waals surface area contributed by atoms with Crippen LogP contribution in [-0.2, 0) is 4.74 Å². The number of carbonyl (C=O) groups is 2. The van der Waals surface area contributed by atoms with Crippen LogP contribution in [0.2, 0.25) is 0 Å². The lowest BCUT2D eigenvalue weighted by molar-refractivity contribution is 0.0693. The molecule has 0 aromatic heterocycles. The second-order valence-electron chi connectivity index (χ2n) is 4.19. The summed E-state index contributed by atoms with van der Waals surface area (Å²) in [6.07, 6.45) is 1.58. The van der Waals surface area contributed by atoms with Gasteiger partial charge in [0.1, 0.15) is 11.3 Å². The van der Waals surface area contributed by atoms with E-state index in [4.69, 9.17) is 9.84 Å². The molecule has 0 spiro atoms. The van der Waals surface area contributed by atoms with E-state index in [1.165, 1.54) is 30.2 Å². The number of aromatic hydroxyl groups is 1. The Morgan fingerprint density at radius 1 is 1.48 bits per heavy atom. The van der Waals surface area contributed by atoms with Gasteiger partial charge in [0, 0.05) is 25.9 Å². The Hall–Kier alpha value is -2.54. The van der Waals surface area contributed by atoms with Gasteiger partial charge in [0.25, 0.3) is 0 Å². The van der Waals surface area contributed by atoms with Crippen molar-refractivity contribution in [1.29, 1.82) is 0 Å². The van der Waals surface area contributed by atoms with Crippen molar-refractivity contribution in [3.63, 3.8) is 0 Å². The van der Waals surface area contributed by atoms with Crippen LogP contribution in [-0.4, -0.2) is 53.9 Å². The maximum Gasteiger partial charge on any atom is 0.339 e. The fourth-order valence-electron chi connectivity index (χ4n) is 1.62. The molecule has 0 saturated carbocycles. The number of methoxy groups -OCH3 is 1. The van der Waals surface area contributed by atoms with Crippen molar-refractivity contribution in [1.82, 2.24) is 4.90 Å². The molecule has 0 aliphatic rings. The smallest absolute Gasteiger partial charge is 0.339 e. The first-order valence-corrected chi connectivity index (χ1v) is 6.21. The molecular formula is C14H18N2O5. The van der Waals surface area contributed by atoms with Crippen LogP contribution in [0.1, 0.15) is 10.4 Å². The van der Waals surface area contributed by atoms with Crippen molar-refractivity contribution >= 4 is 17.7 Å². The Labute approximate surface area is 122 Å². The third-order valence-corrected chi connectivity index (χ3v) is 2.68. The van der Waals surface area contributed by atoms with Gasteiger partial charge >= 0.3 is 12.0 Å². The molecule has 0 aliphatic carbocycles. The van der Waals surface area contributed by atoms with Crippen LogP contribution in [0.5, 0.6) is 5.75 Å². The predicted octanol–water partition coefficient (Wildman–Crippen LogP) is 1.76. The molecule has 21 heavy (non-hydrogen) atoms. The van der Waals surface area contributed by atoms with Crippen molar-refractivity contribution in [2.45, 2.75) is 0 Å². The molecule has 114 valence electrons. The normalized spacial score (nSPS) is 9.95. The number of aromatic carboxylic acids is 1. The number of anilines is 1. The number of carbonyl (C=O) groups excluding carboxylic acids is 1. The number of nitrogens with zero attached hydrogens (tertiary/aromatic N) is 1. The predicted molar refractivity (Wildman–Crippen MR) is 77.7 cm³/mol. The summed E-state index contributed by atoms with van der Waals surface area (Å²) in [5.41, 5.74) is 0.00152. The van der Waals surface area contributed by atoms with Crippen molar-refractivity contribution < 1.29 is 24.5 Å². The molecular weight excluding hydrogens is 276 g/mol. The summed E-state index contributed by atoms with van der Waals surface area (Å²) < 4.78 is 4.92. The minimum Gasteiger partial charge on any atom is -0.507 e. The molecule has 0 radical (unpaired) electrons. The number of phenols is 1. The highest BCUT2D eigenvalue weighted by atomic mass is 16.5. The van der Waals surface area contributed by atoms with Crippen LogP contribution in [0.3, 0.4) is 0 Å². The highest BCUT2D eigenvalue weighted by Gasteiger charge is 2.14. The molecule has 0 atom stereocenters. The van der Waals surface area contributed by atoms with Crippen molar-refractivity contribution in [2.24, 2.45) is 0 Å². The zero-order valence-corrected chi connectivity index (χ0v) is 11.7. The van der Waals surface area contributed by atoms with Crippen LogP contribution in [0.4, 0.5) is 10.5 Å². The van der Waals surface area contributed by atoms with E-state index in [0.717, 1.165) is 0 Å². The Bertz CT molecular complexity index is 530. The number of carboxylic acid groups (broad SMARTS) is 1. The van der Waals surface area contributed by atoms with E-state index in [1.807, 2.05) is 0 Å². The van der Waals surface area contributed by atoms with Gasteiger partial charge in [-0.15, -0.1) is 6.58 Å². The van der Waals surface area contributed by atoms with E-state index in [2.05, 4.69) is 11.9 Å². The monoisotopic (exact) mass is 294 g/mol. The van der Waals surface area contributed by atoms with E-state index in [1.54, 1.807) is 6.08 Å². The van der Waals surface area contributed by atoms with Crippen LogP contribution in [0.25, 0.3) is 0 Å². The summed E-state index contributed by atoms with van der Waals surface area (Å²) in [6.45, 7) is 4.65. The zero-order chi connectivity index (χ0) is 15.8. The summed E-state index contributed by atoms with van der Waals surface area (Å²) in [6, 6.07) is 3.42. The molecule has 7 heteroatoms. The van der Waals surface area contributed by atoms with E-state index in [9.17, 15) is 14.7 Å². The lowest BCUT2D eigenvalue weighted by Gasteiger charge is -2.21. The maximum atomic E-state index is 12.1. The number of hydrogen-bond donors (Lipinski definition) is 3. The summed E-state index contributed by atoms with van der Waals surface area (Å²) in [4.78, 5) is 24.5. The number of carboxylic acids is 1. The number of hydrogen-bond acceptors (Lipinski definition) is 4. The highest BCUT2D eigenvalue weighted by Crippen LogP contribution is 2.21. The molecule has 1 aromatic carbocycles. The second-order valence-corrected chi connectivity index (χ2v) is 4.19. The van der Waals surface area contributed by atoms with Crippen LogP contribution < -0.4 is 5.32 Å². The summed E-state index contributed by atoms with van der Waals surface area (Å²) in [5, 5.41) is 20.9. The van der Waals surface area contributed by atoms with Gasteiger partial charge in [0.15, 0.2) is 0 Å². The van der Waals surface area contributed by atoms with Crippen molar-refractivity contribution in [2.75, 3.05) is 32.1 Å². The third-order valence-electron chi connectivity index (χ3n) is 2.68. The SMILES string of the molecule is C=CCN(CCOC)C(=O)Nc1ccc(O)c(C(=O)O)c1. The van der Waals surface area contributed by atoms with Crippen molar-refractivity contribution in [3.05, 3.63) is 36.4 Å². The first-order chi connectivity index (χ1) is 9.99. The van der Waals surface area contributed by atoms with Crippen LogP contribution in [0.15, 0.2) is 30.9 Å². The lowest BCUT2D eigenvalue weighted by Crippen LogP contribution is -2.37. The first-order valence-electron chi connectivity index (χ1n) is 6.21. The number of benzene rings is 1. The molecule has 0 unspecified atom stereocenters. The number of amides is 2. The minimum absolute atomic E-state index is 0.278. The quantitative estimate of drug-likeness (QED) is 0.525. The van der Waals surface area contributed by atoms with Gasteiger partial charge in [-0.2, -0.15) is 0 Å². The van der Waals surface area contributed by atoms with Gasteiger partial charge in [0.2, 0.25) is 0 Å². The summed E-state index contributed by atoms with van der Waals surface area (Å²) in [7, 11) is 1.53. The fraction of sp³-hybridized carbons (Fsp3) is 0.286. The maximum absolute atomic E-state index is 12.1. The third kappa shape index (κ3) is 4.81. The number of urea groups is 1. The largest absolute Gasteiger partial charge is 0.507 e. The molecule has 0 bridgehead atoms. The fourth-order valence-corrected chi connectivity index (χ4v) is 1.62. The van der Waals surface area contributed by atoms with Crippen LogP contribution >= 0.6 is 0 Å². The molecule has 1 rings (SSSR count). The molecule has 0 heterocycles. The van der Waals surface area contributed by atoms with Gasteiger partial charge in [-0.25, -0.2) is 9.59 Å². The van der Waals surface area contributed by atoms with E-state index in [0.29, 0.717) is 19.7 Å². The number of ether oxygens (including phenoxy) is 1. The van der Waals surface area contributed by atoms with E-state index < -0.39 is 12.0 Å². The average molecular weight is 294 g/mol. The minimum atomic E-state index is -1.27. The first kappa shape index (κ1) is 16.5. The topological polar surface area (TPSA) is 99.1 Å². The van der Waals surface area contributed by atoms with Gasteiger partial charge in [0.05, 0.1) is 6.61 Å². The molecule has 3 N–H and O–H groups in total. The van der Waals surface area contributed by atoms with Gasteiger partial charge in [-0.1, -0.05) is 6.08 Å². The molecule has 2 amide bonds. The number of nitrogens with one attached hydrogen (secondary N) is 1. The molecule has 0 fully saturated rings. The number of rotatable bonds is 7. The van der Waals surface area contributed by atoms with Crippen molar-refractivity contribution in [3.8, 4) is 5.75 Å². The average Bonchev–Trinajstić information content (AvgIpc) is 2.45. The van der Waals surface area contributed by atoms with Gasteiger partial charge < -0.3 is 25.2 Å². The molecule has 0 saturated heterocycles. The molecule has 1 aromatic rings.